The first-order chi connectivity index (χ1) is 12.5. The molecule has 1 rings (SSSR count). The Labute approximate surface area is 162 Å². The number of rotatable bonds is 8. The molecule has 0 amide bonds. The first-order valence-electron chi connectivity index (χ1n) is 8.83. The fourth-order valence-corrected chi connectivity index (χ4v) is 2.46. The fourth-order valence-electron chi connectivity index (χ4n) is 2.46. The topological polar surface area (TPSA) is 68.3 Å². The van der Waals surface area contributed by atoms with Crippen LogP contribution in [-0.4, -0.2) is 29.3 Å². The Kier molecular flexibility index (Phi) is 7.09. The largest absolute Gasteiger partial charge is 0.450 e. The maximum absolute atomic E-state index is 12.4. The Morgan fingerprint density at radius 2 is 1.39 bits per heavy atom. The first kappa shape index (κ1) is 23.7. The van der Waals surface area contributed by atoms with E-state index in [2.05, 4.69) is 0 Å². The number of Topliss-reactive ketones (excluding diaryl/α,β-unsaturated/α-hetero) is 4. The van der Waals surface area contributed by atoms with Crippen molar-refractivity contribution in [1.29, 1.82) is 0 Å². The van der Waals surface area contributed by atoms with Crippen LogP contribution in [0, 0.1) is 10.8 Å². The minimum atomic E-state index is -5.04. The van der Waals surface area contributed by atoms with E-state index in [4.69, 9.17) is 0 Å². The third-order valence-electron chi connectivity index (χ3n) is 4.44. The van der Waals surface area contributed by atoms with E-state index < -0.39 is 35.0 Å². The minimum Gasteiger partial charge on any atom is -0.299 e. The van der Waals surface area contributed by atoms with Crippen LogP contribution in [-0.2, 0) is 20.8 Å². The molecule has 28 heavy (non-hydrogen) atoms. The van der Waals surface area contributed by atoms with Gasteiger partial charge in [-0.05, 0) is 18.1 Å². The molecule has 7 heteroatoms. The van der Waals surface area contributed by atoms with Crippen molar-refractivity contribution >= 4 is 23.1 Å². The Morgan fingerprint density at radius 1 is 0.821 bits per heavy atom. The molecule has 0 fully saturated rings. The second-order valence-electron chi connectivity index (χ2n) is 8.56. The van der Waals surface area contributed by atoms with E-state index in [0.717, 1.165) is 0 Å². The monoisotopic (exact) mass is 398 g/mol. The van der Waals surface area contributed by atoms with Gasteiger partial charge in [-0.3, -0.25) is 19.2 Å². The summed E-state index contributed by atoms with van der Waals surface area (Å²) < 4.78 is 37.2. The van der Waals surface area contributed by atoms with E-state index in [1.165, 1.54) is 19.9 Å². The van der Waals surface area contributed by atoms with Gasteiger partial charge in [-0.2, -0.15) is 13.2 Å². The smallest absolute Gasteiger partial charge is 0.299 e. The SMILES string of the molecule is CC(C)(C)C(=O)CC(=O)c1cccc(CC(C)(C)C(=O)CC(=O)C(F)(F)F)c1. The van der Waals surface area contributed by atoms with Crippen LogP contribution in [0.5, 0.6) is 0 Å². The lowest BCUT2D eigenvalue weighted by Gasteiger charge is -2.23. The number of benzene rings is 1. The summed E-state index contributed by atoms with van der Waals surface area (Å²) in [6.45, 7) is 8.06. The second kappa shape index (κ2) is 8.37. The van der Waals surface area contributed by atoms with Crippen LogP contribution in [0.3, 0.4) is 0 Å². The van der Waals surface area contributed by atoms with Gasteiger partial charge in [0.2, 0.25) is 5.78 Å². The van der Waals surface area contributed by atoms with Gasteiger partial charge < -0.3 is 0 Å². The van der Waals surface area contributed by atoms with Crippen LogP contribution >= 0.6 is 0 Å². The lowest BCUT2D eigenvalue weighted by molar-refractivity contribution is -0.172. The average Bonchev–Trinajstić information content (AvgIpc) is 2.52. The van der Waals surface area contributed by atoms with Crippen LogP contribution in [0.4, 0.5) is 13.2 Å². The van der Waals surface area contributed by atoms with E-state index in [1.54, 1.807) is 39.0 Å². The summed E-state index contributed by atoms with van der Waals surface area (Å²) in [7, 11) is 0. The Hall–Kier alpha value is -2.31. The molecule has 1 aromatic carbocycles. The van der Waals surface area contributed by atoms with Gasteiger partial charge in [0, 0.05) is 16.4 Å². The van der Waals surface area contributed by atoms with Gasteiger partial charge in [0.1, 0.15) is 11.6 Å². The summed E-state index contributed by atoms with van der Waals surface area (Å²) in [6, 6.07) is 6.30. The Morgan fingerprint density at radius 3 is 1.89 bits per heavy atom. The van der Waals surface area contributed by atoms with Crippen molar-refractivity contribution in [3.63, 3.8) is 0 Å². The van der Waals surface area contributed by atoms with Gasteiger partial charge in [-0.15, -0.1) is 0 Å². The zero-order chi connectivity index (χ0) is 21.9. The number of hydrogen-bond acceptors (Lipinski definition) is 4. The van der Waals surface area contributed by atoms with E-state index in [-0.39, 0.29) is 24.4 Å². The van der Waals surface area contributed by atoms with Gasteiger partial charge in [0.15, 0.2) is 5.78 Å². The lowest BCUT2D eigenvalue weighted by atomic mass is 9.79. The molecule has 0 unspecified atom stereocenters. The first-order valence-corrected chi connectivity index (χ1v) is 8.83. The highest BCUT2D eigenvalue weighted by molar-refractivity contribution is 6.09. The second-order valence-corrected chi connectivity index (χ2v) is 8.56. The highest BCUT2D eigenvalue weighted by Crippen LogP contribution is 2.28. The predicted octanol–water partition coefficient (Wildman–Crippen LogP) is 4.53. The van der Waals surface area contributed by atoms with E-state index >= 15 is 0 Å². The Balaban J connectivity index is 2.91. The fraction of sp³-hybridized carbons (Fsp3) is 0.524. The normalized spacial score (nSPS) is 12.6. The molecule has 0 radical (unpaired) electrons. The molecule has 0 aliphatic heterocycles. The molecule has 1 aromatic rings. The van der Waals surface area contributed by atoms with Crippen LogP contribution in [0.2, 0.25) is 0 Å². The number of alkyl halides is 3. The molecule has 154 valence electrons. The molecule has 0 bridgehead atoms. The third kappa shape index (κ3) is 6.69. The maximum atomic E-state index is 12.4. The lowest BCUT2D eigenvalue weighted by Crippen LogP contribution is -2.33. The molecule has 0 aliphatic rings. The Bertz CT molecular complexity index is 784. The number of halogens is 3. The third-order valence-corrected chi connectivity index (χ3v) is 4.44. The minimum absolute atomic E-state index is 0.0608. The highest BCUT2D eigenvalue weighted by Gasteiger charge is 2.41. The van der Waals surface area contributed by atoms with Gasteiger partial charge >= 0.3 is 6.18 Å². The van der Waals surface area contributed by atoms with Crippen molar-refractivity contribution in [3.05, 3.63) is 35.4 Å². The molecular weight excluding hydrogens is 373 g/mol. The highest BCUT2D eigenvalue weighted by atomic mass is 19.4. The zero-order valence-electron chi connectivity index (χ0n) is 16.7. The summed E-state index contributed by atoms with van der Waals surface area (Å²) in [5.41, 5.74) is -1.01. The summed E-state index contributed by atoms with van der Waals surface area (Å²) in [6.07, 6.45) is -6.45. The molecule has 0 N–H and O–H groups in total. The molecular formula is C21H25F3O4. The number of ketones is 4. The number of carbonyl (C=O) groups is 4. The predicted molar refractivity (Wildman–Crippen MR) is 98.0 cm³/mol. The molecule has 0 saturated carbocycles. The molecule has 4 nitrogen and oxygen atoms in total. The van der Waals surface area contributed by atoms with Crippen molar-refractivity contribution in [2.75, 3.05) is 0 Å². The summed E-state index contributed by atoms with van der Waals surface area (Å²) in [5.74, 6) is -3.47. The van der Waals surface area contributed by atoms with E-state index in [1.807, 2.05) is 0 Å². The van der Waals surface area contributed by atoms with Gasteiger partial charge in [0.05, 0.1) is 12.8 Å². The number of carbonyl (C=O) groups excluding carboxylic acids is 4. The van der Waals surface area contributed by atoms with E-state index in [9.17, 15) is 32.3 Å². The van der Waals surface area contributed by atoms with Crippen LogP contribution in [0.15, 0.2) is 24.3 Å². The average molecular weight is 398 g/mol. The zero-order valence-corrected chi connectivity index (χ0v) is 16.7. The van der Waals surface area contributed by atoms with Crippen molar-refractivity contribution < 1.29 is 32.3 Å². The molecule has 0 aromatic heterocycles. The molecule has 0 spiro atoms. The van der Waals surface area contributed by atoms with Crippen molar-refractivity contribution in [2.45, 2.75) is 60.1 Å². The van der Waals surface area contributed by atoms with Crippen molar-refractivity contribution in [3.8, 4) is 0 Å². The quantitative estimate of drug-likeness (QED) is 0.476. The van der Waals surface area contributed by atoms with Crippen LogP contribution in [0.25, 0.3) is 0 Å². The summed E-state index contributed by atoms with van der Waals surface area (Å²) in [5, 5.41) is 0. The van der Waals surface area contributed by atoms with Crippen molar-refractivity contribution in [1.82, 2.24) is 0 Å². The van der Waals surface area contributed by atoms with Gasteiger partial charge in [0.25, 0.3) is 0 Å². The van der Waals surface area contributed by atoms with Gasteiger partial charge in [-0.25, -0.2) is 0 Å². The molecule has 0 atom stereocenters. The molecule has 0 aliphatic carbocycles. The van der Waals surface area contributed by atoms with E-state index in [0.29, 0.717) is 11.1 Å². The van der Waals surface area contributed by atoms with Crippen LogP contribution in [0.1, 0.15) is 63.4 Å². The molecule has 0 heterocycles. The van der Waals surface area contributed by atoms with Crippen molar-refractivity contribution in [2.24, 2.45) is 10.8 Å². The summed E-state index contributed by atoms with van der Waals surface area (Å²) in [4.78, 5) is 47.6. The number of hydrogen-bond donors (Lipinski definition) is 0. The summed E-state index contributed by atoms with van der Waals surface area (Å²) >= 11 is 0. The maximum Gasteiger partial charge on any atom is 0.450 e. The molecule has 0 saturated heterocycles. The van der Waals surface area contributed by atoms with Gasteiger partial charge in [-0.1, -0.05) is 52.8 Å². The van der Waals surface area contributed by atoms with Crippen LogP contribution < -0.4 is 0 Å². The standard InChI is InChI=1S/C21H25F3O4/c1-19(2,3)16(26)10-15(25)14-8-6-7-13(9-14)12-20(4,5)17(27)11-18(28)21(22,23)24/h6-9H,10-12H2,1-5H3.